The van der Waals surface area contributed by atoms with E-state index in [2.05, 4.69) is 10.3 Å². The Bertz CT molecular complexity index is 855. The topological polar surface area (TPSA) is 51.2 Å². The number of amides is 1. The van der Waals surface area contributed by atoms with Gasteiger partial charge in [-0.15, -0.1) is 0 Å². The fraction of sp³-hybridized carbons (Fsp3) is 0.176. The summed E-state index contributed by atoms with van der Waals surface area (Å²) in [6.45, 7) is 3.90. The summed E-state index contributed by atoms with van der Waals surface area (Å²) in [5.41, 5.74) is 3.54. The lowest BCUT2D eigenvalue weighted by Crippen LogP contribution is -2.13. The molecule has 1 N–H and O–H groups in total. The van der Waals surface area contributed by atoms with Gasteiger partial charge < -0.3 is 4.74 Å². The molecular weight excluding hydrogens is 296 g/mol. The molecule has 0 aliphatic rings. The Hall–Kier alpha value is -2.40. The zero-order valence-corrected chi connectivity index (χ0v) is 13.5. The minimum Gasteiger partial charge on any atom is -0.497 e. The first-order valence-electron chi connectivity index (χ1n) is 6.90. The number of carbonyl (C=O) groups is 1. The average Bonchev–Trinajstić information content (AvgIpc) is 2.90. The van der Waals surface area contributed by atoms with E-state index in [0.29, 0.717) is 10.7 Å². The van der Waals surface area contributed by atoms with E-state index < -0.39 is 0 Å². The predicted octanol–water partition coefficient (Wildman–Crippen LogP) is 4.17. The van der Waals surface area contributed by atoms with Crippen molar-refractivity contribution in [2.75, 3.05) is 12.4 Å². The number of hydrogen-bond donors (Lipinski definition) is 1. The molecule has 1 heterocycles. The van der Waals surface area contributed by atoms with Gasteiger partial charge in [0.2, 0.25) is 0 Å². The number of thiazole rings is 1. The van der Waals surface area contributed by atoms with Gasteiger partial charge in [0, 0.05) is 5.56 Å². The molecule has 0 bridgehead atoms. The molecule has 0 unspecified atom stereocenters. The summed E-state index contributed by atoms with van der Waals surface area (Å²) < 4.78 is 6.18. The standard InChI is InChI=1S/C17H16N2O2S/c1-10-4-5-11(2)13(8-10)16(20)19-17-18-14-7-6-12(21-3)9-15(14)22-17/h4-9H,1-3H3,(H,18,19,20). The number of ether oxygens (including phenoxy) is 1. The van der Waals surface area contributed by atoms with E-state index in [4.69, 9.17) is 4.74 Å². The molecule has 3 aromatic rings. The van der Waals surface area contributed by atoms with Gasteiger partial charge in [0.05, 0.1) is 17.3 Å². The number of nitrogens with one attached hydrogen (secondary N) is 1. The molecule has 1 aromatic heterocycles. The van der Waals surface area contributed by atoms with Crippen LogP contribution in [0.3, 0.4) is 0 Å². The molecule has 22 heavy (non-hydrogen) atoms. The first kappa shape index (κ1) is 14.5. The second-order valence-corrected chi connectivity index (χ2v) is 6.16. The number of methoxy groups -OCH3 is 1. The molecule has 2 aromatic carbocycles. The molecule has 0 fully saturated rings. The molecular formula is C17H16N2O2S. The zero-order valence-electron chi connectivity index (χ0n) is 12.6. The lowest BCUT2D eigenvalue weighted by molar-refractivity contribution is 0.102. The number of anilines is 1. The van der Waals surface area contributed by atoms with Crippen LogP contribution in [0.2, 0.25) is 0 Å². The van der Waals surface area contributed by atoms with Gasteiger partial charge in [-0.25, -0.2) is 4.98 Å². The van der Waals surface area contributed by atoms with Crippen LogP contribution in [0.25, 0.3) is 10.2 Å². The van der Waals surface area contributed by atoms with Gasteiger partial charge in [0.25, 0.3) is 5.91 Å². The molecule has 112 valence electrons. The highest BCUT2D eigenvalue weighted by Crippen LogP contribution is 2.29. The van der Waals surface area contributed by atoms with Crippen molar-refractivity contribution in [2.24, 2.45) is 0 Å². The molecule has 0 saturated heterocycles. The van der Waals surface area contributed by atoms with Gasteiger partial charge in [-0.2, -0.15) is 0 Å². The molecule has 3 rings (SSSR count). The summed E-state index contributed by atoms with van der Waals surface area (Å²) >= 11 is 1.44. The van der Waals surface area contributed by atoms with Gasteiger partial charge in [-0.1, -0.05) is 29.0 Å². The Balaban J connectivity index is 1.89. The number of nitrogens with zero attached hydrogens (tertiary/aromatic N) is 1. The normalized spacial score (nSPS) is 10.7. The summed E-state index contributed by atoms with van der Waals surface area (Å²) in [4.78, 5) is 16.9. The number of aromatic nitrogens is 1. The van der Waals surface area contributed by atoms with Crippen LogP contribution in [-0.4, -0.2) is 18.0 Å². The van der Waals surface area contributed by atoms with Crippen molar-refractivity contribution in [2.45, 2.75) is 13.8 Å². The number of aryl methyl sites for hydroxylation is 2. The first-order chi connectivity index (χ1) is 10.6. The van der Waals surface area contributed by atoms with E-state index >= 15 is 0 Å². The highest BCUT2D eigenvalue weighted by molar-refractivity contribution is 7.22. The van der Waals surface area contributed by atoms with Crippen LogP contribution in [0.15, 0.2) is 36.4 Å². The van der Waals surface area contributed by atoms with Crippen LogP contribution >= 0.6 is 11.3 Å². The van der Waals surface area contributed by atoms with Crippen molar-refractivity contribution in [1.29, 1.82) is 0 Å². The number of rotatable bonds is 3. The number of hydrogen-bond acceptors (Lipinski definition) is 4. The van der Waals surface area contributed by atoms with Crippen LogP contribution in [0, 0.1) is 13.8 Å². The van der Waals surface area contributed by atoms with Gasteiger partial charge in [0.15, 0.2) is 5.13 Å². The number of benzene rings is 2. The van der Waals surface area contributed by atoms with Crippen molar-refractivity contribution >= 4 is 32.6 Å². The smallest absolute Gasteiger partial charge is 0.257 e. The fourth-order valence-electron chi connectivity index (χ4n) is 2.23. The molecule has 5 heteroatoms. The summed E-state index contributed by atoms with van der Waals surface area (Å²) in [5.74, 6) is 0.649. The monoisotopic (exact) mass is 312 g/mol. The summed E-state index contributed by atoms with van der Waals surface area (Å²) in [6, 6.07) is 11.5. The maximum atomic E-state index is 12.4. The molecule has 0 aliphatic carbocycles. The molecule has 0 atom stereocenters. The minimum absolute atomic E-state index is 0.132. The molecule has 0 saturated carbocycles. The quantitative estimate of drug-likeness (QED) is 0.789. The highest BCUT2D eigenvalue weighted by atomic mass is 32.1. The molecule has 0 spiro atoms. The van der Waals surface area contributed by atoms with Crippen molar-refractivity contribution < 1.29 is 9.53 Å². The van der Waals surface area contributed by atoms with Crippen LogP contribution in [0.5, 0.6) is 5.75 Å². The number of carbonyl (C=O) groups excluding carboxylic acids is 1. The van der Waals surface area contributed by atoms with Crippen molar-refractivity contribution in [1.82, 2.24) is 4.98 Å². The lowest BCUT2D eigenvalue weighted by Gasteiger charge is -2.06. The second kappa shape index (κ2) is 5.77. The summed E-state index contributed by atoms with van der Waals surface area (Å²) in [5, 5.41) is 3.47. The maximum Gasteiger partial charge on any atom is 0.257 e. The molecule has 1 amide bonds. The Morgan fingerprint density at radius 3 is 2.77 bits per heavy atom. The molecule has 0 aliphatic heterocycles. The van der Waals surface area contributed by atoms with Gasteiger partial charge >= 0.3 is 0 Å². The highest BCUT2D eigenvalue weighted by Gasteiger charge is 2.12. The summed E-state index contributed by atoms with van der Waals surface area (Å²) in [7, 11) is 1.63. The van der Waals surface area contributed by atoms with E-state index in [1.165, 1.54) is 11.3 Å². The largest absolute Gasteiger partial charge is 0.497 e. The van der Waals surface area contributed by atoms with Crippen LogP contribution in [-0.2, 0) is 0 Å². The van der Waals surface area contributed by atoms with Crippen LogP contribution in [0.4, 0.5) is 5.13 Å². The van der Waals surface area contributed by atoms with Crippen LogP contribution in [0.1, 0.15) is 21.5 Å². The lowest BCUT2D eigenvalue weighted by atomic mass is 10.1. The van der Waals surface area contributed by atoms with Gasteiger partial charge in [0.1, 0.15) is 5.75 Å². The number of fused-ring (bicyclic) bond motifs is 1. The Morgan fingerprint density at radius 2 is 2.00 bits per heavy atom. The third-order valence-corrected chi connectivity index (χ3v) is 4.39. The summed E-state index contributed by atoms with van der Waals surface area (Å²) in [6.07, 6.45) is 0. The fourth-order valence-corrected chi connectivity index (χ4v) is 3.12. The van der Waals surface area contributed by atoms with Crippen molar-refractivity contribution in [3.05, 3.63) is 53.1 Å². The van der Waals surface area contributed by atoms with E-state index in [1.54, 1.807) is 7.11 Å². The van der Waals surface area contributed by atoms with Gasteiger partial charge in [-0.3, -0.25) is 10.1 Å². The minimum atomic E-state index is -0.132. The molecule has 0 radical (unpaired) electrons. The second-order valence-electron chi connectivity index (χ2n) is 5.13. The maximum absolute atomic E-state index is 12.4. The van der Waals surface area contributed by atoms with Gasteiger partial charge in [-0.05, 0) is 43.7 Å². The van der Waals surface area contributed by atoms with Crippen molar-refractivity contribution in [3.8, 4) is 5.75 Å². The van der Waals surface area contributed by atoms with E-state index in [9.17, 15) is 4.79 Å². The third-order valence-electron chi connectivity index (χ3n) is 3.45. The SMILES string of the molecule is COc1ccc2nc(NC(=O)c3cc(C)ccc3C)sc2c1. The first-order valence-corrected chi connectivity index (χ1v) is 7.71. The Kier molecular flexibility index (Phi) is 3.81. The zero-order chi connectivity index (χ0) is 15.7. The average molecular weight is 312 g/mol. The van der Waals surface area contributed by atoms with E-state index in [1.807, 2.05) is 50.2 Å². The van der Waals surface area contributed by atoms with E-state index in [-0.39, 0.29) is 5.91 Å². The van der Waals surface area contributed by atoms with Crippen molar-refractivity contribution in [3.63, 3.8) is 0 Å². The Morgan fingerprint density at radius 1 is 1.18 bits per heavy atom. The van der Waals surface area contributed by atoms with E-state index in [0.717, 1.165) is 27.1 Å². The predicted molar refractivity (Wildman–Crippen MR) is 90.0 cm³/mol. The Labute approximate surface area is 132 Å². The van der Waals surface area contributed by atoms with Crippen LogP contribution < -0.4 is 10.1 Å². The third kappa shape index (κ3) is 2.80. The molecule has 4 nitrogen and oxygen atoms in total.